The average Bonchev–Trinajstić information content (AvgIpc) is 2.35. The third-order valence-corrected chi connectivity index (χ3v) is 2.98. The molecular weight excluding hydrogens is 206 g/mol. The summed E-state index contributed by atoms with van der Waals surface area (Å²) in [5.74, 6) is 0. The predicted octanol–water partition coefficient (Wildman–Crippen LogP) is 3.80. The minimum absolute atomic E-state index is 0.981. The fraction of sp³-hybridized carbons (Fsp3) is 0.250. The van der Waals surface area contributed by atoms with Crippen molar-refractivity contribution in [2.45, 2.75) is 6.92 Å². The molecule has 0 spiro atoms. The van der Waals surface area contributed by atoms with Crippen molar-refractivity contribution in [1.82, 2.24) is 4.90 Å². The van der Waals surface area contributed by atoms with Gasteiger partial charge in [0.1, 0.15) is 0 Å². The maximum absolute atomic E-state index is 2.28. The quantitative estimate of drug-likeness (QED) is 0.768. The first-order valence-electron chi connectivity index (χ1n) is 5.98. The number of benzene rings is 2. The van der Waals surface area contributed by atoms with Gasteiger partial charge in [-0.15, -0.1) is 0 Å². The van der Waals surface area contributed by atoms with E-state index in [1.54, 1.807) is 0 Å². The van der Waals surface area contributed by atoms with E-state index >= 15 is 0 Å². The number of rotatable bonds is 3. The van der Waals surface area contributed by atoms with Gasteiger partial charge in [0.2, 0.25) is 0 Å². The molecule has 0 N–H and O–H groups in total. The monoisotopic (exact) mass is 225 g/mol. The molecule has 0 aliphatic carbocycles. The maximum Gasteiger partial charge on any atom is 0.0162 e. The molecule has 0 atom stereocenters. The van der Waals surface area contributed by atoms with E-state index in [0.29, 0.717) is 0 Å². The Bertz CT molecular complexity index is 533. The van der Waals surface area contributed by atoms with Crippen LogP contribution in [-0.2, 0) is 0 Å². The highest BCUT2D eigenvalue weighted by molar-refractivity contribution is 5.93. The van der Waals surface area contributed by atoms with Gasteiger partial charge in [-0.3, -0.25) is 0 Å². The number of hydrogen-bond acceptors (Lipinski definition) is 1. The summed E-state index contributed by atoms with van der Waals surface area (Å²) in [7, 11) is 4.18. The van der Waals surface area contributed by atoms with Crippen molar-refractivity contribution in [3.8, 4) is 0 Å². The molecule has 17 heavy (non-hydrogen) atoms. The summed E-state index contributed by atoms with van der Waals surface area (Å²) in [5.41, 5.74) is 2.68. The summed E-state index contributed by atoms with van der Waals surface area (Å²) in [6, 6.07) is 15.0. The van der Waals surface area contributed by atoms with E-state index in [0.717, 1.165) is 6.54 Å². The molecule has 1 heteroatoms. The highest BCUT2D eigenvalue weighted by Gasteiger charge is 2.01. The largest absolute Gasteiger partial charge is 0.306 e. The van der Waals surface area contributed by atoms with Crippen LogP contribution in [0.4, 0.5) is 0 Å². The standard InChI is InChI=1S/C16H19N/c1-13(11-12-17(2)3)15-10-6-8-14-7-4-5-9-16(14)15/h4-11H,12H2,1-3H3/b13-11+. The highest BCUT2D eigenvalue weighted by atomic mass is 15.0. The fourth-order valence-electron chi connectivity index (χ4n) is 2.00. The SMILES string of the molecule is C/C(=C\CN(C)C)c1cccc2ccccc12. The number of allylic oxidation sites excluding steroid dienone is 1. The van der Waals surface area contributed by atoms with Crippen LogP contribution in [0.3, 0.4) is 0 Å². The maximum atomic E-state index is 2.28. The van der Waals surface area contributed by atoms with Crippen LogP contribution in [0.15, 0.2) is 48.5 Å². The minimum atomic E-state index is 0.981. The second kappa shape index (κ2) is 5.15. The van der Waals surface area contributed by atoms with Crippen molar-refractivity contribution in [3.05, 3.63) is 54.1 Å². The topological polar surface area (TPSA) is 3.24 Å². The summed E-state index contributed by atoms with van der Waals surface area (Å²) in [5, 5.41) is 2.64. The zero-order valence-corrected chi connectivity index (χ0v) is 10.8. The van der Waals surface area contributed by atoms with Gasteiger partial charge in [-0.25, -0.2) is 0 Å². The van der Waals surface area contributed by atoms with E-state index in [-0.39, 0.29) is 0 Å². The lowest BCUT2D eigenvalue weighted by atomic mass is 9.99. The Kier molecular flexibility index (Phi) is 3.60. The molecule has 0 fully saturated rings. The second-order valence-corrected chi connectivity index (χ2v) is 4.68. The minimum Gasteiger partial charge on any atom is -0.306 e. The van der Waals surface area contributed by atoms with Crippen LogP contribution >= 0.6 is 0 Å². The number of nitrogens with zero attached hydrogens (tertiary/aromatic N) is 1. The third kappa shape index (κ3) is 2.75. The van der Waals surface area contributed by atoms with Crippen LogP contribution in [0.1, 0.15) is 12.5 Å². The lowest BCUT2D eigenvalue weighted by Gasteiger charge is -2.09. The van der Waals surface area contributed by atoms with E-state index in [1.165, 1.54) is 21.9 Å². The molecule has 0 aliphatic heterocycles. The molecule has 0 bridgehead atoms. The van der Waals surface area contributed by atoms with Crippen LogP contribution in [0.5, 0.6) is 0 Å². The van der Waals surface area contributed by atoms with Gasteiger partial charge in [-0.1, -0.05) is 48.5 Å². The number of hydrogen-bond donors (Lipinski definition) is 0. The number of likely N-dealkylation sites (N-methyl/N-ethyl adjacent to an activating group) is 1. The molecule has 0 aliphatic rings. The van der Waals surface area contributed by atoms with Crippen molar-refractivity contribution >= 4 is 16.3 Å². The second-order valence-electron chi connectivity index (χ2n) is 4.68. The van der Waals surface area contributed by atoms with Gasteiger partial charge in [0.25, 0.3) is 0 Å². The molecule has 0 saturated heterocycles. The van der Waals surface area contributed by atoms with Gasteiger partial charge >= 0.3 is 0 Å². The molecule has 0 amide bonds. The molecule has 2 rings (SSSR count). The van der Waals surface area contributed by atoms with Crippen molar-refractivity contribution in [3.63, 3.8) is 0 Å². The van der Waals surface area contributed by atoms with Crippen molar-refractivity contribution < 1.29 is 0 Å². The molecule has 0 radical (unpaired) electrons. The molecule has 2 aromatic carbocycles. The van der Waals surface area contributed by atoms with E-state index in [4.69, 9.17) is 0 Å². The van der Waals surface area contributed by atoms with Crippen LogP contribution in [0, 0.1) is 0 Å². The van der Waals surface area contributed by atoms with Gasteiger partial charge in [-0.05, 0) is 42.9 Å². The number of fused-ring (bicyclic) bond motifs is 1. The smallest absolute Gasteiger partial charge is 0.0162 e. The van der Waals surface area contributed by atoms with E-state index in [9.17, 15) is 0 Å². The van der Waals surface area contributed by atoms with Crippen molar-refractivity contribution in [1.29, 1.82) is 0 Å². The Morgan fingerprint density at radius 3 is 2.53 bits per heavy atom. The van der Waals surface area contributed by atoms with Gasteiger partial charge in [0.05, 0.1) is 0 Å². The van der Waals surface area contributed by atoms with Crippen molar-refractivity contribution in [2.24, 2.45) is 0 Å². The lowest BCUT2D eigenvalue weighted by molar-refractivity contribution is 0.457. The molecule has 0 aromatic heterocycles. The molecule has 0 unspecified atom stereocenters. The Labute approximate surface area is 103 Å². The molecule has 88 valence electrons. The van der Waals surface area contributed by atoms with Crippen LogP contribution in [0.2, 0.25) is 0 Å². The van der Waals surface area contributed by atoms with Crippen LogP contribution in [0.25, 0.3) is 16.3 Å². The normalized spacial score (nSPS) is 12.4. The van der Waals surface area contributed by atoms with Gasteiger partial charge in [0.15, 0.2) is 0 Å². The first kappa shape index (κ1) is 11.9. The average molecular weight is 225 g/mol. The Balaban J connectivity index is 2.45. The summed E-state index contributed by atoms with van der Waals surface area (Å²) >= 11 is 0. The first-order valence-corrected chi connectivity index (χ1v) is 5.98. The predicted molar refractivity (Wildman–Crippen MR) is 76.2 cm³/mol. The van der Waals surface area contributed by atoms with Crippen molar-refractivity contribution in [2.75, 3.05) is 20.6 Å². The molecule has 0 saturated carbocycles. The molecule has 1 nitrogen and oxygen atoms in total. The van der Waals surface area contributed by atoms with E-state index in [2.05, 4.69) is 74.5 Å². The van der Waals surface area contributed by atoms with E-state index < -0.39 is 0 Å². The molecule has 0 heterocycles. The van der Waals surface area contributed by atoms with Crippen LogP contribution in [-0.4, -0.2) is 25.5 Å². The highest BCUT2D eigenvalue weighted by Crippen LogP contribution is 2.24. The first-order chi connectivity index (χ1) is 8.18. The zero-order chi connectivity index (χ0) is 12.3. The zero-order valence-electron chi connectivity index (χ0n) is 10.8. The third-order valence-electron chi connectivity index (χ3n) is 2.98. The summed E-state index contributed by atoms with van der Waals surface area (Å²) in [6.07, 6.45) is 2.28. The van der Waals surface area contributed by atoms with Gasteiger partial charge in [-0.2, -0.15) is 0 Å². The Hall–Kier alpha value is -1.60. The summed E-state index contributed by atoms with van der Waals surface area (Å²) in [6.45, 7) is 3.17. The summed E-state index contributed by atoms with van der Waals surface area (Å²) < 4.78 is 0. The fourth-order valence-corrected chi connectivity index (χ4v) is 2.00. The van der Waals surface area contributed by atoms with Gasteiger partial charge < -0.3 is 4.90 Å². The van der Waals surface area contributed by atoms with Crippen LogP contribution < -0.4 is 0 Å². The Morgan fingerprint density at radius 1 is 1.06 bits per heavy atom. The lowest BCUT2D eigenvalue weighted by Crippen LogP contribution is -2.10. The Morgan fingerprint density at radius 2 is 1.76 bits per heavy atom. The molecular formula is C16H19N. The summed E-state index contributed by atoms with van der Waals surface area (Å²) in [4.78, 5) is 2.18. The van der Waals surface area contributed by atoms with E-state index in [1.807, 2.05) is 0 Å². The van der Waals surface area contributed by atoms with Gasteiger partial charge in [0, 0.05) is 6.54 Å². The molecule has 2 aromatic rings.